The van der Waals surface area contributed by atoms with Crippen LogP contribution in [0.25, 0.3) is 6.08 Å². The van der Waals surface area contributed by atoms with Crippen LogP contribution in [0.2, 0.25) is 5.02 Å². The molecule has 1 saturated heterocycles. The first-order valence-electron chi connectivity index (χ1n) is 8.43. The lowest BCUT2D eigenvalue weighted by Crippen LogP contribution is -2.36. The maximum absolute atomic E-state index is 13.2. The molecule has 2 aromatic rings. The lowest BCUT2D eigenvalue weighted by atomic mass is 10.1. The highest BCUT2D eigenvalue weighted by atomic mass is 35.5. The molecule has 1 fully saturated rings. The van der Waals surface area contributed by atoms with E-state index in [9.17, 15) is 18.8 Å². The minimum absolute atomic E-state index is 0.148. The van der Waals surface area contributed by atoms with Crippen LogP contribution < -0.4 is 10.1 Å². The standard InChI is InChI=1S/C20H16ClFN2O4S/c1-11-3-4-12(7-16(11)28-2)8-17-19(26)24(20(27)29-17)10-18(25)23-13-5-6-15(22)14(21)9-13/h3-9H,10H2,1-2H3,(H,23,25)/b17-8+. The van der Waals surface area contributed by atoms with E-state index in [4.69, 9.17) is 16.3 Å². The normalized spacial score (nSPS) is 15.2. The molecular weight excluding hydrogens is 419 g/mol. The molecular formula is C20H16ClFN2O4S. The monoisotopic (exact) mass is 434 g/mol. The largest absolute Gasteiger partial charge is 0.496 e. The molecule has 0 aromatic heterocycles. The summed E-state index contributed by atoms with van der Waals surface area (Å²) in [5.41, 5.74) is 1.90. The third-order valence-electron chi connectivity index (χ3n) is 4.11. The second-order valence-electron chi connectivity index (χ2n) is 6.17. The Balaban J connectivity index is 1.71. The molecule has 0 radical (unpaired) electrons. The molecule has 1 N–H and O–H groups in total. The first kappa shape index (κ1) is 20.9. The average Bonchev–Trinajstić information content (AvgIpc) is 2.93. The zero-order valence-corrected chi connectivity index (χ0v) is 17.1. The van der Waals surface area contributed by atoms with Gasteiger partial charge in [0.1, 0.15) is 18.1 Å². The van der Waals surface area contributed by atoms with Crippen LogP contribution in [0.4, 0.5) is 14.9 Å². The fourth-order valence-corrected chi connectivity index (χ4v) is 3.65. The smallest absolute Gasteiger partial charge is 0.294 e. The van der Waals surface area contributed by atoms with Gasteiger partial charge in [0, 0.05) is 5.69 Å². The fraction of sp³-hybridized carbons (Fsp3) is 0.150. The zero-order chi connectivity index (χ0) is 21.1. The van der Waals surface area contributed by atoms with E-state index in [1.54, 1.807) is 25.3 Å². The summed E-state index contributed by atoms with van der Waals surface area (Å²) in [6, 6.07) is 9.09. The predicted molar refractivity (Wildman–Crippen MR) is 110 cm³/mol. The van der Waals surface area contributed by atoms with Gasteiger partial charge in [0.2, 0.25) is 5.91 Å². The van der Waals surface area contributed by atoms with Crippen LogP contribution in [0, 0.1) is 12.7 Å². The summed E-state index contributed by atoms with van der Waals surface area (Å²) in [7, 11) is 1.55. The number of methoxy groups -OCH3 is 1. The summed E-state index contributed by atoms with van der Waals surface area (Å²) in [6.45, 7) is 1.43. The van der Waals surface area contributed by atoms with Crippen molar-refractivity contribution in [1.82, 2.24) is 4.90 Å². The third kappa shape index (κ3) is 4.78. The number of hydrogen-bond acceptors (Lipinski definition) is 5. The van der Waals surface area contributed by atoms with Gasteiger partial charge in [0.15, 0.2) is 0 Å². The van der Waals surface area contributed by atoms with Crippen molar-refractivity contribution in [3.8, 4) is 5.75 Å². The molecule has 0 unspecified atom stereocenters. The molecule has 0 spiro atoms. The van der Waals surface area contributed by atoms with Gasteiger partial charge in [-0.3, -0.25) is 19.3 Å². The topological polar surface area (TPSA) is 75.7 Å². The van der Waals surface area contributed by atoms with Gasteiger partial charge in [0.05, 0.1) is 17.0 Å². The van der Waals surface area contributed by atoms with Crippen molar-refractivity contribution < 1.29 is 23.5 Å². The number of thioether (sulfide) groups is 1. The van der Waals surface area contributed by atoms with Crippen LogP contribution in [-0.4, -0.2) is 35.6 Å². The van der Waals surface area contributed by atoms with Gasteiger partial charge in [0.25, 0.3) is 11.1 Å². The van der Waals surface area contributed by atoms with Crippen molar-refractivity contribution in [2.75, 3.05) is 19.0 Å². The van der Waals surface area contributed by atoms with E-state index in [0.29, 0.717) is 11.3 Å². The molecule has 2 aromatic carbocycles. The van der Waals surface area contributed by atoms with E-state index in [-0.39, 0.29) is 15.6 Å². The number of carbonyl (C=O) groups is 3. The second kappa shape index (κ2) is 8.67. The number of imide groups is 1. The highest BCUT2D eigenvalue weighted by molar-refractivity contribution is 8.18. The number of anilines is 1. The Kier molecular flexibility index (Phi) is 6.24. The number of benzene rings is 2. The molecule has 0 aliphatic carbocycles. The van der Waals surface area contributed by atoms with Crippen LogP contribution in [0.15, 0.2) is 41.3 Å². The van der Waals surface area contributed by atoms with E-state index in [1.807, 2.05) is 13.0 Å². The molecule has 0 bridgehead atoms. The summed E-state index contributed by atoms with van der Waals surface area (Å²) in [5.74, 6) is -1.12. The predicted octanol–water partition coefficient (Wildman–Crippen LogP) is 4.47. The summed E-state index contributed by atoms with van der Waals surface area (Å²) < 4.78 is 18.5. The van der Waals surface area contributed by atoms with Gasteiger partial charge < -0.3 is 10.1 Å². The highest BCUT2D eigenvalue weighted by Crippen LogP contribution is 2.33. The molecule has 0 atom stereocenters. The SMILES string of the molecule is COc1cc(/C=C2/SC(=O)N(CC(=O)Nc3ccc(F)c(Cl)c3)C2=O)ccc1C. The minimum atomic E-state index is -0.617. The second-order valence-corrected chi connectivity index (χ2v) is 7.57. The Morgan fingerprint density at radius 3 is 2.72 bits per heavy atom. The number of carbonyl (C=O) groups excluding carboxylic acids is 3. The van der Waals surface area contributed by atoms with Crippen LogP contribution >= 0.6 is 23.4 Å². The van der Waals surface area contributed by atoms with Crippen molar-refractivity contribution in [1.29, 1.82) is 0 Å². The van der Waals surface area contributed by atoms with E-state index < -0.39 is 29.4 Å². The van der Waals surface area contributed by atoms with Crippen molar-refractivity contribution in [2.45, 2.75) is 6.92 Å². The van der Waals surface area contributed by atoms with Gasteiger partial charge >= 0.3 is 0 Å². The number of amides is 3. The Morgan fingerprint density at radius 1 is 1.28 bits per heavy atom. The van der Waals surface area contributed by atoms with Crippen LogP contribution in [-0.2, 0) is 9.59 Å². The quantitative estimate of drug-likeness (QED) is 0.702. The summed E-state index contributed by atoms with van der Waals surface area (Å²) in [5, 5.41) is 1.79. The summed E-state index contributed by atoms with van der Waals surface area (Å²) >= 11 is 6.43. The number of nitrogens with zero attached hydrogens (tertiary/aromatic N) is 1. The van der Waals surface area contributed by atoms with E-state index in [2.05, 4.69) is 5.32 Å². The number of hydrogen-bond donors (Lipinski definition) is 1. The average molecular weight is 435 g/mol. The van der Waals surface area contributed by atoms with E-state index in [0.717, 1.165) is 28.3 Å². The molecule has 0 saturated carbocycles. The van der Waals surface area contributed by atoms with Crippen molar-refractivity contribution in [3.05, 3.63) is 63.3 Å². The zero-order valence-electron chi connectivity index (χ0n) is 15.5. The molecule has 3 rings (SSSR count). The lowest BCUT2D eigenvalue weighted by Gasteiger charge is -2.12. The Morgan fingerprint density at radius 2 is 2.03 bits per heavy atom. The summed E-state index contributed by atoms with van der Waals surface area (Å²) in [6.07, 6.45) is 1.57. The van der Waals surface area contributed by atoms with Gasteiger partial charge in [-0.2, -0.15) is 0 Å². The molecule has 1 heterocycles. The fourth-order valence-electron chi connectivity index (χ4n) is 2.63. The Hall–Kier alpha value is -2.84. The van der Waals surface area contributed by atoms with Crippen LogP contribution in [0.3, 0.4) is 0 Å². The Bertz CT molecular complexity index is 1040. The molecule has 3 amide bonds. The maximum Gasteiger partial charge on any atom is 0.294 e. The number of aryl methyl sites for hydroxylation is 1. The number of rotatable bonds is 5. The molecule has 29 heavy (non-hydrogen) atoms. The highest BCUT2D eigenvalue weighted by Gasteiger charge is 2.36. The minimum Gasteiger partial charge on any atom is -0.496 e. The van der Waals surface area contributed by atoms with Crippen molar-refractivity contribution in [3.63, 3.8) is 0 Å². The van der Waals surface area contributed by atoms with E-state index >= 15 is 0 Å². The van der Waals surface area contributed by atoms with Gasteiger partial charge in [-0.25, -0.2) is 4.39 Å². The molecule has 1 aliphatic heterocycles. The molecule has 9 heteroatoms. The van der Waals surface area contributed by atoms with E-state index in [1.165, 1.54) is 12.1 Å². The number of ether oxygens (including phenoxy) is 1. The van der Waals surface area contributed by atoms with Crippen molar-refractivity contribution in [2.24, 2.45) is 0 Å². The third-order valence-corrected chi connectivity index (χ3v) is 5.31. The Labute approximate surface area is 175 Å². The lowest BCUT2D eigenvalue weighted by molar-refractivity contribution is -0.127. The van der Waals surface area contributed by atoms with Crippen LogP contribution in [0.5, 0.6) is 5.75 Å². The molecule has 6 nitrogen and oxygen atoms in total. The molecule has 150 valence electrons. The van der Waals surface area contributed by atoms with Gasteiger partial charge in [-0.1, -0.05) is 23.7 Å². The summed E-state index contributed by atoms with van der Waals surface area (Å²) in [4.78, 5) is 38.0. The first-order valence-corrected chi connectivity index (χ1v) is 9.63. The number of halogens is 2. The molecule has 1 aliphatic rings. The van der Waals surface area contributed by atoms with Crippen LogP contribution in [0.1, 0.15) is 11.1 Å². The van der Waals surface area contributed by atoms with Crippen molar-refractivity contribution >= 4 is 52.2 Å². The van der Waals surface area contributed by atoms with Gasteiger partial charge in [-0.15, -0.1) is 0 Å². The number of nitrogens with one attached hydrogen (secondary N) is 1. The maximum atomic E-state index is 13.2. The first-order chi connectivity index (χ1) is 13.8. The van der Waals surface area contributed by atoms with Gasteiger partial charge in [-0.05, 0) is 60.2 Å².